The van der Waals surface area contributed by atoms with Gasteiger partial charge in [-0.25, -0.2) is 13.1 Å². The molecular formula is C20H32N2O6S. The summed E-state index contributed by atoms with van der Waals surface area (Å²) in [6.45, 7) is 11.3. The van der Waals surface area contributed by atoms with Gasteiger partial charge in [-0.05, 0) is 69.4 Å². The van der Waals surface area contributed by atoms with E-state index >= 15 is 0 Å². The molecule has 0 spiro atoms. The summed E-state index contributed by atoms with van der Waals surface area (Å²) in [5.74, 6) is -1.10. The van der Waals surface area contributed by atoms with Crippen molar-refractivity contribution in [1.82, 2.24) is 10.0 Å². The van der Waals surface area contributed by atoms with Crippen molar-refractivity contribution in [1.29, 1.82) is 0 Å². The fourth-order valence-corrected chi connectivity index (χ4v) is 4.59. The van der Waals surface area contributed by atoms with Gasteiger partial charge in [-0.2, -0.15) is 0 Å². The van der Waals surface area contributed by atoms with Crippen molar-refractivity contribution in [2.24, 2.45) is 0 Å². The number of hydrogen-bond acceptors (Lipinski definition) is 6. The number of carbonyl (C=O) groups excluding carboxylic acids is 2. The van der Waals surface area contributed by atoms with Gasteiger partial charge in [-0.3, -0.25) is 9.59 Å². The third-order valence-electron chi connectivity index (χ3n) is 5.10. The fraction of sp³-hybridized carbons (Fsp3) is 0.600. The molecule has 164 valence electrons. The van der Waals surface area contributed by atoms with Gasteiger partial charge in [0.2, 0.25) is 10.0 Å². The summed E-state index contributed by atoms with van der Waals surface area (Å²) >= 11 is 0. The number of methoxy groups -OCH3 is 1. The first-order valence-electron chi connectivity index (χ1n) is 9.46. The van der Waals surface area contributed by atoms with Crippen LogP contribution in [0.2, 0.25) is 0 Å². The summed E-state index contributed by atoms with van der Waals surface area (Å²) in [7, 11) is -2.28. The molecule has 1 aromatic rings. The lowest BCUT2D eigenvalue weighted by Gasteiger charge is -2.19. The number of carbonyl (C=O) groups is 2. The number of ether oxygens (including phenoxy) is 2. The standard InChI is InChI=1S/C20H32N2O6S/c1-12-13(2)15(4)19(16(5)14(12)3)29(25,26)22-9-8-18(23)28-17(6)20(24)21-10-11-27-7/h17,22H,8-11H2,1-7H3,(H,21,24)/t17-/m1/s1. The van der Waals surface area contributed by atoms with E-state index in [1.807, 2.05) is 20.8 Å². The Morgan fingerprint density at radius 3 is 1.97 bits per heavy atom. The maximum absolute atomic E-state index is 12.8. The van der Waals surface area contributed by atoms with Crippen molar-refractivity contribution in [2.75, 3.05) is 26.8 Å². The molecule has 0 saturated heterocycles. The minimum absolute atomic E-state index is 0.121. The Morgan fingerprint density at radius 2 is 1.45 bits per heavy atom. The van der Waals surface area contributed by atoms with Crippen LogP contribution in [0.4, 0.5) is 0 Å². The van der Waals surface area contributed by atoms with E-state index in [1.165, 1.54) is 14.0 Å². The Morgan fingerprint density at radius 1 is 0.931 bits per heavy atom. The first-order chi connectivity index (χ1) is 13.4. The molecule has 0 saturated carbocycles. The molecule has 9 heteroatoms. The van der Waals surface area contributed by atoms with Crippen molar-refractivity contribution in [2.45, 2.75) is 59.0 Å². The van der Waals surface area contributed by atoms with Crippen LogP contribution in [-0.2, 0) is 29.1 Å². The predicted octanol–water partition coefficient (Wildman–Crippen LogP) is 1.59. The van der Waals surface area contributed by atoms with Gasteiger partial charge in [0.25, 0.3) is 5.91 Å². The second-order valence-electron chi connectivity index (χ2n) is 7.02. The molecular weight excluding hydrogens is 396 g/mol. The molecule has 2 N–H and O–H groups in total. The quantitative estimate of drug-likeness (QED) is 0.432. The molecule has 0 aliphatic rings. The highest BCUT2D eigenvalue weighted by Crippen LogP contribution is 2.29. The molecule has 0 aliphatic carbocycles. The van der Waals surface area contributed by atoms with Crippen molar-refractivity contribution >= 4 is 21.9 Å². The number of esters is 1. The first-order valence-corrected chi connectivity index (χ1v) is 10.9. The van der Waals surface area contributed by atoms with Gasteiger partial charge in [0, 0.05) is 20.2 Å². The number of sulfonamides is 1. The Bertz CT molecular complexity index is 835. The minimum atomic E-state index is -3.79. The topological polar surface area (TPSA) is 111 Å². The molecule has 0 aliphatic heterocycles. The Hall–Kier alpha value is -1.97. The number of nitrogens with one attached hydrogen (secondary N) is 2. The smallest absolute Gasteiger partial charge is 0.307 e. The highest BCUT2D eigenvalue weighted by molar-refractivity contribution is 7.89. The van der Waals surface area contributed by atoms with Crippen molar-refractivity contribution in [3.63, 3.8) is 0 Å². The van der Waals surface area contributed by atoms with Gasteiger partial charge in [-0.1, -0.05) is 0 Å². The number of rotatable bonds is 10. The monoisotopic (exact) mass is 428 g/mol. The van der Waals surface area contributed by atoms with Gasteiger partial charge >= 0.3 is 5.97 Å². The Balaban J connectivity index is 2.70. The number of hydrogen-bond donors (Lipinski definition) is 2. The van der Waals surface area contributed by atoms with E-state index in [9.17, 15) is 18.0 Å². The zero-order valence-corrected chi connectivity index (χ0v) is 19.1. The van der Waals surface area contributed by atoms with Crippen molar-refractivity contribution in [3.8, 4) is 0 Å². The Kier molecular flexibility index (Phi) is 9.25. The average molecular weight is 429 g/mol. The maximum atomic E-state index is 12.8. The summed E-state index contributed by atoms with van der Waals surface area (Å²) in [6, 6.07) is 0. The lowest BCUT2D eigenvalue weighted by molar-refractivity contribution is -0.154. The van der Waals surface area contributed by atoms with E-state index < -0.39 is 28.0 Å². The van der Waals surface area contributed by atoms with E-state index in [4.69, 9.17) is 9.47 Å². The number of amides is 1. The molecule has 0 aromatic heterocycles. The van der Waals surface area contributed by atoms with E-state index in [0.29, 0.717) is 24.3 Å². The zero-order chi connectivity index (χ0) is 22.4. The molecule has 1 aromatic carbocycles. The Labute approximate surface area is 173 Å². The zero-order valence-electron chi connectivity index (χ0n) is 18.3. The fourth-order valence-electron chi connectivity index (χ4n) is 2.96. The van der Waals surface area contributed by atoms with Crippen LogP contribution >= 0.6 is 0 Å². The predicted molar refractivity (Wildman–Crippen MR) is 110 cm³/mol. The second-order valence-corrected chi connectivity index (χ2v) is 8.72. The van der Waals surface area contributed by atoms with E-state index in [1.54, 1.807) is 13.8 Å². The van der Waals surface area contributed by atoms with Crippen LogP contribution in [0.25, 0.3) is 0 Å². The van der Waals surface area contributed by atoms with Crippen LogP contribution in [0.5, 0.6) is 0 Å². The highest BCUT2D eigenvalue weighted by Gasteiger charge is 2.24. The minimum Gasteiger partial charge on any atom is -0.453 e. The summed E-state index contributed by atoms with van der Waals surface area (Å²) in [5.41, 5.74) is 4.33. The molecule has 0 bridgehead atoms. The maximum Gasteiger partial charge on any atom is 0.307 e. The number of benzene rings is 1. The SMILES string of the molecule is COCCNC(=O)[C@@H](C)OC(=O)CCNS(=O)(=O)c1c(C)c(C)c(C)c(C)c1C. The molecule has 0 fully saturated rings. The van der Waals surface area contributed by atoms with Crippen LogP contribution in [0.1, 0.15) is 41.2 Å². The first kappa shape index (κ1) is 25.1. The lowest BCUT2D eigenvalue weighted by atomic mass is 9.95. The van der Waals surface area contributed by atoms with Crippen LogP contribution in [0, 0.1) is 34.6 Å². The summed E-state index contributed by atoms with van der Waals surface area (Å²) in [4.78, 5) is 24.0. The van der Waals surface area contributed by atoms with Gasteiger partial charge in [0.15, 0.2) is 6.10 Å². The van der Waals surface area contributed by atoms with Gasteiger partial charge in [0.1, 0.15) is 0 Å². The third-order valence-corrected chi connectivity index (χ3v) is 6.84. The highest BCUT2D eigenvalue weighted by atomic mass is 32.2. The van der Waals surface area contributed by atoms with Crippen LogP contribution in [0.15, 0.2) is 4.90 Å². The summed E-state index contributed by atoms with van der Waals surface area (Å²) < 4.78 is 37.9. The second kappa shape index (κ2) is 10.7. The van der Waals surface area contributed by atoms with Crippen LogP contribution in [-0.4, -0.2) is 53.2 Å². The molecule has 0 radical (unpaired) electrons. The van der Waals surface area contributed by atoms with Crippen LogP contribution < -0.4 is 10.0 Å². The van der Waals surface area contributed by atoms with E-state index in [0.717, 1.165) is 16.7 Å². The molecule has 1 rings (SSSR count). The normalized spacial score (nSPS) is 12.5. The van der Waals surface area contributed by atoms with Crippen molar-refractivity contribution < 1.29 is 27.5 Å². The van der Waals surface area contributed by atoms with Crippen molar-refractivity contribution in [3.05, 3.63) is 27.8 Å². The van der Waals surface area contributed by atoms with E-state index in [2.05, 4.69) is 10.0 Å². The van der Waals surface area contributed by atoms with E-state index in [-0.39, 0.29) is 17.9 Å². The molecule has 8 nitrogen and oxygen atoms in total. The van der Waals surface area contributed by atoms with Gasteiger partial charge in [0.05, 0.1) is 17.9 Å². The van der Waals surface area contributed by atoms with Gasteiger partial charge < -0.3 is 14.8 Å². The largest absolute Gasteiger partial charge is 0.453 e. The third kappa shape index (κ3) is 6.52. The van der Waals surface area contributed by atoms with Gasteiger partial charge in [-0.15, -0.1) is 0 Å². The molecule has 0 heterocycles. The molecule has 29 heavy (non-hydrogen) atoms. The lowest BCUT2D eigenvalue weighted by Crippen LogP contribution is -2.38. The molecule has 0 unspecified atom stereocenters. The summed E-state index contributed by atoms with van der Waals surface area (Å²) in [5, 5.41) is 2.57. The van der Waals surface area contributed by atoms with Crippen LogP contribution in [0.3, 0.4) is 0 Å². The summed E-state index contributed by atoms with van der Waals surface area (Å²) in [6.07, 6.45) is -1.15. The average Bonchev–Trinajstić information content (AvgIpc) is 2.64. The molecule has 1 amide bonds. The molecule has 1 atom stereocenters.